The summed E-state index contributed by atoms with van der Waals surface area (Å²) in [6.45, 7) is 8.40. The number of benzene rings is 2. The smallest absolute Gasteiger partial charge is 0.166 e. The van der Waals surface area contributed by atoms with E-state index in [0.29, 0.717) is 24.8 Å². The monoisotopic (exact) mass is 405 g/mol. The van der Waals surface area contributed by atoms with Gasteiger partial charge in [-0.05, 0) is 38.4 Å². The molecular weight excluding hydrogens is 374 g/mol. The highest BCUT2D eigenvalue weighted by atomic mass is 35.5. The first kappa shape index (κ1) is 22.5. The van der Waals surface area contributed by atoms with Gasteiger partial charge in [-0.15, -0.1) is 0 Å². The van der Waals surface area contributed by atoms with Crippen molar-refractivity contribution >= 4 is 11.6 Å². The number of hydrogen-bond donors (Lipinski definition) is 1. The molecule has 2 aromatic rings. The zero-order chi connectivity index (χ0) is 20.0. The van der Waals surface area contributed by atoms with Crippen LogP contribution in [0.15, 0.2) is 42.5 Å². The van der Waals surface area contributed by atoms with E-state index in [9.17, 15) is 0 Å². The molecule has 0 heterocycles. The third kappa shape index (κ3) is 7.70. The van der Waals surface area contributed by atoms with Crippen LogP contribution < -0.4 is 14.8 Å². The molecule has 0 aliphatic rings. The molecule has 0 atom stereocenters. The second-order valence-corrected chi connectivity index (χ2v) is 6.96. The average molecular weight is 406 g/mol. The molecule has 2 rings (SSSR count). The van der Waals surface area contributed by atoms with Gasteiger partial charge in [-0.1, -0.05) is 55.3 Å². The van der Waals surface area contributed by atoms with Crippen molar-refractivity contribution in [1.82, 2.24) is 5.32 Å². The topological polar surface area (TPSA) is 39.7 Å². The van der Waals surface area contributed by atoms with E-state index >= 15 is 0 Å². The Hall–Kier alpha value is -1.75. The molecule has 0 saturated heterocycles. The maximum atomic E-state index is 6.26. The number of ether oxygens (including phenoxy) is 3. The van der Waals surface area contributed by atoms with E-state index < -0.39 is 0 Å². The predicted molar refractivity (Wildman–Crippen MR) is 115 cm³/mol. The molecule has 0 saturated carbocycles. The van der Waals surface area contributed by atoms with Crippen molar-refractivity contribution in [2.45, 2.75) is 46.3 Å². The summed E-state index contributed by atoms with van der Waals surface area (Å²) >= 11 is 6.26. The van der Waals surface area contributed by atoms with Gasteiger partial charge in [0, 0.05) is 35.9 Å². The maximum absolute atomic E-state index is 6.26. The van der Waals surface area contributed by atoms with Crippen LogP contribution in [0.4, 0.5) is 0 Å². The summed E-state index contributed by atoms with van der Waals surface area (Å²) < 4.78 is 17.5. The fraction of sp³-hybridized carbons (Fsp3) is 0.478. The zero-order valence-corrected chi connectivity index (χ0v) is 17.8. The molecule has 4 nitrogen and oxygen atoms in total. The van der Waals surface area contributed by atoms with E-state index in [4.69, 9.17) is 25.8 Å². The number of halogens is 1. The minimum atomic E-state index is 0.405. The van der Waals surface area contributed by atoms with Gasteiger partial charge in [0.05, 0.1) is 6.61 Å². The lowest BCUT2D eigenvalue weighted by Gasteiger charge is -2.17. The lowest BCUT2D eigenvalue weighted by Crippen LogP contribution is -2.17. The molecule has 2 aromatic carbocycles. The molecule has 0 aromatic heterocycles. The molecule has 0 aliphatic carbocycles. The quantitative estimate of drug-likeness (QED) is 0.414. The van der Waals surface area contributed by atoms with Crippen molar-refractivity contribution in [3.63, 3.8) is 0 Å². The van der Waals surface area contributed by atoms with Gasteiger partial charge in [-0.25, -0.2) is 0 Å². The Morgan fingerprint density at radius 1 is 0.893 bits per heavy atom. The van der Waals surface area contributed by atoms with Gasteiger partial charge in [0.15, 0.2) is 11.5 Å². The van der Waals surface area contributed by atoms with E-state index in [1.54, 1.807) is 0 Å². The zero-order valence-electron chi connectivity index (χ0n) is 17.0. The Morgan fingerprint density at radius 3 is 2.46 bits per heavy atom. The molecular formula is C23H32ClNO3. The van der Waals surface area contributed by atoms with Crippen molar-refractivity contribution in [3.8, 4) is 11.5 Å². The highest BCUT2D eigenvalue weighted by molar-refractivity contribution is 6.31. The van der Waals surface area contributed by atoms with E-state index in [2.05, 4.69) is 18.3 Å². The number of para-hydroxylation sites is 1. The Labute approximate surface area is 174 Å². The lowest BCUT2D eigenvalue weighted by molar-refractivity contribution is 0.128. The summed E-state index contributed by atoms with van der Waals surface area (Å²) in [4.78, 5) is 0. The first-order valence-corrected chi connectivity index (χ1v) is 10.5. The van der Waals surface area contributed by atoms with Gasteiger partial charge < -0.3 is 19.5 Å². The highest BCUT2D eigenvalue weighted by Gasteiger charge is 2.12. The van der Waals surface area contributed by atoms with E-state index in [0.717, 1.165) is 55.2 Å². The molecule has 28 heavy (non-hydrogen) atoms. The van der Waals surface area contributed by atoms with Crippen LogP contribution in [-0.4, -0.2) is 26.4 Å². The molecule has 0 radical (unpaired) electrons. The minimum Gasteiger partial charge on any atom is -0.490 e. The minimum absolute atomic E-state index is 0.405. The normalized spacial score (nSPS) is 10.8. The van der Waals surface area contributed by atoms with Crippen LogP contribution in [0.1, 0.15) is 44.2 Å². The molecule has 0 bridgehead atoms. The summed E-state index contributed by atoms with van der Waals surface area (Å²) in [6, 6.07) is 13.7. The average Bonchev–Trinajstić information content (AvgIpc) is 2.70. The summed E-state index contributed by atoms with van der Waals surface area (Å²) in [6.07, 6.45) is 3.29. The summed E-state index contributed by atoms with van der Waals surface area (Å²) in [7, 11) is 0. The Morgan fingerprint density at radius 2 is 1.68 bits per heavy atom. The molecule has 5 heteroatoms. The third-order valence-electron chi connectivity index (χ3n) is 4.29. The van der Waals surface area contributed by atoms with Crippen LogP contribution in [0.25, 0.3) is 0 Å². The van der Waals surface area contributed by atoms with Crippen molar-refractivity contribution < 1.29 is 14.2 Å². The van der Waals surface area contributed by atoms with Gasteiger partial charge >= 0.3 is 0 Å². The molecule has 0 unspecified atom stereocenters. The second kappa shape index (κ2) is 13.4. The van der Waals surface area contributed by atoms with Crippen molar-refractivity contribution in [2.75, 3.05) is 26.4 Å². The second-order valence-electron chi connectivity index (χ2n) is 6.55. The lowest BCUT2D eigenvalue weighted by atomic mass is 10.1. The molecule has 0 aliphatic heterocycles. The van der Waals surface area contributed by atoms with Gasteiger partial charge in [-0.3, -0.25) is 0 Å². The van der Waals surface area contributed by atoms with Gasteiger partial charge in [0.1, 0.15) is 6.61 Å². The summed E-state index contributed by atoms with van der Waals surface area (Å²) in [5, 5.41) is 4.18. The number of nitrogens with one attached hydrogen (secondary N) is 1. The molecule has 1 N–H and O–H groups in total. The SMILES string of the molecule is CCCCOCCCNCc1cccc(OCC)c1OCc1ccccc1Cl. The number of rotatable bonds is 14. The van der Waals surface area contributed by atoms with Crippen LogP contribution >= 0.6 is 11.6 Å². The van der Waals surface area contributed by atoms with Crippen molar-refractivity contribution in [3.05, 3.63) is 58.6 Å². The van der Waals surface area contributed by atoms with E-state index in [-0.39, 0.29) is 0 Å². The Balaban J connectivity index is 1.91. The van der Waals surface area contributed by atoms with Crippen LogP contribution in [0.5, 0.6) is 11.5 Å². The number of hydrogen-bond acceptors (Lipinski definition) is 4. The van der Waals surface area contributed by atoms with Crippen LogP contribution in [0.3, 0.4) is 0 Å². The van der Waals surface area contributed by atoms with Gasteiger partial charge in [0.2, 0.25) is 0 Å². The summed E-state index contributed by atoms with van der Waals surface area (Å²) in [5.41, 5.74) is 2.03. The standard InChI is InChI=1S/C23H32ClNO3/c1-3-5-15-26-16-9-14-25-17-19-11-8-13-22(27-4-2)23(19)28-18-20-10-6-7-12-21(20)24/h6-8,10-13,25H,3-5,9,14-18H2,1-2H3. The van der Waals surface area contributed by atoms with Gasteiger partial charge in [0.25, 0.3) is 0 Å². The van der Waals surface area contributed by atoms with Crippen LogP contribution in [0, 0.1) is 0 Å². The molecule has 0 spiro atoms. The molecule has 0 fully saturated rings. The van der Waals surface area contributed by atoms with Crippen molar-refractivity contribution in [1.29, 1.82) is 0 Å². The largest absolute Gasteiger partial charge is 0.490 e. The maximum Gasteiger partial charge on any atom is 0.166 e. The van der Waals surface area contributed by atoms with Gasteiger partial charge in [-0.2, -0.15) is 0 Å². The predicted octanol–water partition coefficient (Wildman–Crippen LogP) is 5.61. The first-order chi connectivity index (χ1) is 13.8. The van der Waals surface area contributed by atoms with E-state index in [1.165, 1.54) is 6.42 Å². The Kier molecular flexibility index (Phi) is 10.8. The van der Waals surface area contributed by atoms with Crippen LogP contribution in [-0.2, 0) is 17.9 Å². The van der Waals surface area contributed by atoms with E-state index in [1.807, 2.05) is 43.3 Å². The molecule has 0 amide bonds. The first-order valence-electron chi connectivity index (χ1n) is 10.2. The van der Waals surface area contributed by atoms with Crippen molar-refractivity contribution in [2.24, 2.45) is 0 Å². The summed E-state index contributed by atoms with van der Waals surface area (Å²) in [5.74, 6) is 1.53. The highest BCUT2D eigenvalue weighted by Crippen LogP contribution is 2.32. The molecule has 154 valence electrons. The fourth-order valence-corrected chi connectivity index (χ4v) is 2.96. The third-order valence-corrected chi connectivity index (χ3v) is 4.66. The Bertz CT molecular complexity index is 693. The van der Waals surface area contributed by atoms with Crippen LogP contribution in [0.2, 0.25) is 5.02 Å². The fourth-order valence-electron chi connectivity index (χ4n) is 2.77. The number of unbranched alkanes of at least 4 members (excludes halogenated alkanes) is 1.